The Bertz CT molecular complexity index is 747. The van der Waals surface area contributed by atoms with Crippen LogP contribution in [0.5, 0.6) is 0 Å². The summed E-state index contributed by atoms with van der Waals surface area (Å²) in [6.07, 6.45) is 2.61. The Morgan fingerprint density at radius 2 is 2.04 bits per heavy atom. The quantitative estimate of drug-likeness (QED) is 0.833. The molecule has 0 atom stereocenters. The Labute approximate surface area is 150 Å². The van der Waals surface area contributed by atoms with E-state index >= 15 is 0 Å². The number of aryl methyl sites for hydroxylation is 1. The first-order chi connectivity index (χ1) is 11.5. The summed E-state index contributed by atoms with van der Waals surface area (Å²) in [6.45, 7) is 1.22. The van der Waals surface area contributed by atoms with Crippen molar-refractivity contribution in [2.45, 2.75) is 35.9 Å². The normalized spacial score (nSPS) is 16.4. The number of thiophene rings is 2. The molecule has 3 rings (SSSR count). The molecule has 8 heteroatoms. The smallest absolute Gasteiger partial charge is 0.250 e. The number of hydrogen-bond donors (Lipinski definition) is 1. The van der Waals surface area contributed by atoms with E-state index < -0.39 is 10.0 Å². The number of carbonyl (C=O) groups excluding carboxylic acids is 1. The maximum atomic E-state index is 12.3. The Balaban J connectivity index is 1.46. The fourth-order valence-corrected chi connectivity index (χ4v) is 5.80. The van der Waals surface area contributed by atoms with E-state index in [4.69, 9.17) is 0 Å². The number of likely N-dealkylation sites (tertiary alicyclic amines) is 1. The number of rotatable bonds is 6. The Kier molecular flexibility index (Phi) is 5.70. The van der Waals surface area contributed by atoms with Crippen LogP contribution in [-0.4, -0.2) is 38.4 Å². The van der Waals surface area contributed by atoms with Crippen molar-refractivity contribution in [2.75, 3.05) is 13.1 Å². The third-order valence-corrected chi connectivity index (χ3v) is 7.79. The second-order valence-corrected chi connectivity index (χ2v) is 9.51. The molecular formula is C16H20N2O3S3. The predicted molar refractivity (Wildman–Crippen MR) is 96.9 cm³/mol. The van der Waals surface area contributed by atoms with Gasteiger partial charge >= 0.3 is 0 Å². The monoisotopic (exact) mass is 384 g/mol. The molecule has 3 heterocycles. The molecule has 0 bridgehead atoms. The fourth-order valence-electron chi connectivity index (χ4n) is 2.78. The minimum atomic E-state index is -3.43. The largest absolute Gasteiger partial charge is 0.343 e. The number of piperidine rings is 1. The Hall–Kier alpha value is -1.22. The highest BCUT2D eigenvalue weighted by atomic mass is 32.2. The van der Waals surface area contributed by atoms with Gasteiger partial charge < -0.3 is 4.90 Å². The van der Waals surface area contributed by atoms with Crippen LogP contribution in [0.25, 0.3) is 0 Å². The Morgan fingerprint density at radius 1 is 1.25 bits per heavy atom. The van der Waals surface area contributed by atoms with E-state index in [1.54, 1.807) is 28.8 Å². The molecule has 2 aromatic rings. The fraction of sp³-hybridized carbons (Fsp3) is 0.438. The molecule has 1 saturated heterocycles. The van der Waals surface area contributed by atoms with Crippen molar-refractivity contribution >= 4 is 38.6 Å². The summed E-state index contributed by atoms with van der Waals surface area (Å²) >= 11 is 2.86. The summed E-state index contributed by atoms with van der Waals surface area (Å²) in [6, 6.07) is 5.28. The molecular weight excluding hydrogens is 364 g/mol. The maximum absolute atomic E-state index is 12.3. The average molecular weight is 385 g/mol. The van der Waals surface area contributed by atoms with E-state index in [1.165, 1.54) is 16.9 Å². The van der Waals surface area contributed by atoms with Gasteiger partial charge in [-0.05, 0) is 53.1 Å². The van der Waals surface area contributed by atoms with Crippen LogP contribution in [0.15, 0.2) is 38.5 Å². The second-order valence-electron chi connectivity index (χ2n) is 5.84. The summed E-state index contributed by atoms with van der Waals surface area (Å²) < 4.78 is 27.6. The van der Waals surface area contributed by atoms with Gasteiger partial charge in [0.2, 0.25) is 15.9 Å². The van der Waals surface area contributed by atoms with E-state index in [-0.39, 0.29) is 11.9 Å². The van der Waals surface area contributed by atoms with Gasteiger partial charge in [0.15, 0.2) is 0 Å². The van der Waals surface area contributed by atoms with Crippen LogP contribution < -0.4 is 4.72 Å². The average Bonchev–Trinajstić information content (AvgIpc) is 3.26. The van der Waals surface area contributed by atoms with Crippen molar-refractivity contribution in [2.24, 2.45) is 0 Å². The maximum Gasteiger partial charge on any atom is 0.250 e. The first kappa shape index (κ1) is 17.6. The molecule has 1 N–H and O–H groups in total. The summed E-state index contributed by atoms with van der Waals surface area (Å²) in [5.74, 6) is 0.153. The van der Waals surface area contributed by atoms with Gasteiger partial charge in [-0.2, -0.15) is 11.3 Å². The number of carbonyl (C=O) groups is 1. The predicted octanol–water partition coefficient (Wildman–Crippen LogP) is 2.71. The van der Waals surface area contributed by atoms with Crippen molar-refractivity contribution in [3.63, 3.8) is 0 Å². The van der Waals surface area contributed by atoms with E-state index in [9.17, 15) is 13.2 Å². The zero-order valence-electron chi connectivity index (χ0n) is 13.2. The number of nitrogens with one attached hydrogen (secondary N) is 1. The van der Waals surface area contributed by atoms with Crippen molar-refractivity contribution in [3.8, 4) is 0 Å². The van der Waals surface area contributed by atoms with Gasteiger partial charge in [-0.15, -0.1) is 11.3 Å². The molecule has 1 aliphatic rings. The third kappa shape index (κ3) is 4.44. The molecule has 0 spiro atoms. The molecule has 0 radical (unpaired) electrons. The summed E-state index contributed by atoms with van der Waals surface area (Å²) in [5.41, 5.74) is 1.20. The van der Waals surface area contributed by atoms with E-state index in [2.05, 4.69) is 10.1 Å². The number of amides is 1. The highest BCUT2D eigenvalue weighted by molar-refractivity contribution is 7.91. The van der Waals surface area contributed by atoms with Crippen LogP contribution in [0.2, 0.25) is 0 Å². The van der Waals surface area contributed by atoms with Crippen LogP contribution in [0.3, 0.4) is 0 Å². The summed E-state index contributed by atoms with van der Waals surface area (Å²) in [5, 5.41) is 5.84. The SMILES string of the molecule is O=C(CCc1ccsc1)N1CCC(NS(=O)(=O)c2cccs2)CC1. The molecule has 0 aromatic carbocycles. The third-order valence-electron chi connectivity index (χ3n) is 4.14. The zero-order valence-corrected chi connectivity index (χ0v) is 15.6. The summed E-state index contributed by atoms with van der Waals surface area (Å²) in [7, 11) is -3.43. The summed E-state index contributed by atoms with van der Waals surface area (Å²) in [4.78, 5) is 14.1. The lowest BCUT2D eigenvalue weighted by atomic mass is 10.1. The van der Waals surface area contributed by atoms with E-state index in [0.717, 1.165) is 6.42 Å². The van der Waals surface area contributed by atoms with Crippen LogP contribution in [0.1, 0.15) is 24.8 Å². The molecule has 5 nitrogen and oxygen atoms in total. The van der Waals surface area contributed by atoms with Gasteiger partial charge in [0.25, 0.3) is 0 Å². The molecule has 24 heavy (non-hydrogen) atoms. The molecule has 0 aliphatic carbocycles. The standard InChI is InChI=1S/C16H20N2O3S3/c19-15(4-3-13-7-11-22-12-13)18-8-5-14(6-9-18)17-24(20,21)16-2-1-10-23-16/h1-2,7,10-12,14,17H,3-6,8-9H2. The van der Waals surface area contributed by atoms with Crippen molar-refractivity contribution < 1.29 is 13.2 Å². The van der Waals surface area contributed by atoms with Crippen LogP contribution in [0.4, 0.5) is 0 Å². The van der Waals surface area contributed by atoms with Gasteiger partial charge in [-0.25, -0.2) is 13.1 Å². The lowest BCUT2D eigenvalue weighted by Gasteiger charge is -2.32. The van der Waals surface area contributed by atoms with Gasteiger partial charge in [0.05, 0.1) is 0 Å². The first-order valence-electron chi connectivity index (χ1n) is 7.89. The van der Waals surface area contributed by atoms with E-state index in [0.29, 0.717) is 36.6 Å². The van der Waals surface area contributed by atoms with Gasteiger partial charge in [-0.1, -0.05) is 6.07 Å². The zero-order chi connectivity index (χ0) is 17.0. The van der Waals surface area contributed by atoms with Crippen molar-refractivity contribution in [3.05, 3.63) is 39.9 Å². The van der Waals surface area contributed by atoms with E-state index in [1.807, 2.05) is 16.3 Å². The van der Waals surface area contributed by atoms with Crippen molar-refractivity contribution in [1.29, 1.82) is 0 Å². The molecule has 2 aromatic heterocycles. The lowest BCUT2D eigenvalue weighted by molar-refractivity contribution is -0.132. The number of hydrogen-bond acceptors (Lipinski definition) is 5. The molecule has 1 fully saturated rings. The minimum Gasteiger partial charge on any atom is -0.343 e. The number of sulfonamides is 1. The molecule has 1 amide bonds. The van der Waals surface area contributed by atoms with Crippen LogP contribution in [-0.2, 0) is 21.2 Å². The highest BCUT2D eigenvalue weighted by Crippen LogP contribution is 2.19. The second kappa shape index (κ2) is 7.77. The Morgan fingerprint density at radius 3 is 2.67 bits per heavy atom. The van der Waals surface area contributed by atoms with Gasteiger partial charge in [0.1, 0.15) is 4.21 Å². The topological polar surface area (TPSA) is 66.5 Å². The molecule has 0 unspecified atom stereocenters. The molecule has 130 valence electrons. The van der Waals surface area contributed by atoms with Crippen LogP contribution >= 0.6 is 22.7 Å². The molecule has 0 saturated carbocycles. The van der Waals surface area contributed by atoms with Crippen molar-refractivity contribution in [1.82, 2.24) is 9.62 Å². The highest BCUT2D eigenvalue weighted by Gasteiger charge is 2.26. The van der Waals surface area contributed by atoms with Gasteiger partial charge in [0, 0.05) is 25.6 Å². The molecule has 1 aliphatic heterocycles. The first-order valence-corrected chi connectivity index (χ1v) is 11.2. The van der Waals surface area contributed by atoms with Crippen LogP contribution in [0, 0.1) is 0 Å². The van der Waals surface area contributed by atoms with Gasteiger partial charge in [-0.3, -0.25) is 4.79 Å². The minimum absolute atomic E-state index is 0.0991. The number of nitrogens with zero attached hydrogens (tertiary/aromatic N) is 1. The lowest BCUT2D eigenvalue weighted by Crippen LogP contribution is -2.46.